The number of nitrogens with one attached hydrogen (secondary N) is 1. The number of carbonyl (C=O) groups excluding carboxylic acids is 1. The van der Waals surface area contributed by atoms with Gasteiger partial charge in [-0.05, 0) is 36.2 Å². The van der Waals surface area contributed by atoms with E-state index < -0.39 is 10.0 Å². The molecule has 0 aromatic heterocycles. The maximum absolute atomic E-state index is 13.2. The number of rotatable bonds is 5. The highest BCUT2D eigenvalue weighted by molar-refractivity contribution is 7.92. The highest BCUT2D eigenvalue weighted by atomic mass is 32.2. The number of hydrogen-bond donors (Lipinski definition) is 1. The van der Waals surface area contributed by atoms with Gasteiger partial charge in [-0.15, -0.1) is 0 Å². The van der Waals surface area contributed by atoms with E-state index in [1.807, 2.05) is 36.4 Å². The molecule has 0 saturated carbocycles. The summed E-state index contributed by atoms with van der Waals surface area (Å²) in [7, 11) is -0.542. The molecule has 5 nitrogen and oxygen atoms in total. The van der Waals surface area contributed by atoms with Crippen LogP contribution in [0.5, 0.6) is 0 Å². The van der Waals surface area contributed by atoms with E-state index in [0.29, 0.717) is 16.8 Å². The van der Waals surface area contributed by atoms with E-state index in [4.69, 9.17) is 0 Å². The number of nitrogens with zero attached hydrogens (tertiary/aromatic N) is 1. The van der Waals surface area contributed by atoms with Crippen LogP contribution in [0.1, 0.15) is 15.9 Å². The first kappa shape index (κ1) is 19.6. The molecule has 0 unspecified atom stereocenters. The summed E-state index contributed by atoms with van der Waals surface area (Å²) in [5.41, 5.74) is 2.97. The summed E-state index contributed by atoms with van der Waals surface area (Å²) in [6, 6.07) is 21.2. The van der Waals surface area contributed by atoms with Gasteiger partial charge in [0.2, 0.25) is 0 Å². The molecule has 0 aliphatic heterocycles. The first-order valence-electron chi connectivity index (χ1n) is 8.79. The average Bonchev–Trinajstić information content (AvgIpc) is 2.69. The number of amides is 1. The van der Waals surface area contributed by atoms with Crippen molar-refractivity contribution in [3.05, 3.63) is 83.9 Å². The zero-order chi connectivity index (χ0) is 20.3. The van der Waals surface area contributed by atoms with Crippen LogP contribution in [0.2, 0.25) is 0 Å². The van der Waals surface area contributed by atoms with Crippen molar-refractivity contribution < 1.29 is 13.2 Å². The van der Waals surface area contributed by atoms with Gasteiger partial charge in [0.05, 0.1) is 10.6 Å². The van der Waals surface area contributed by atoms with Crippen molar-refractivity contribution in [1.29, 1.82) is 0 Å². The maximum atomic E-state index is 13.2. The molecule has 0 atom stereocenters. The normalized spacial score (nSPS) is 11.1. The Morgan fingerprint density at radius 2 is 1.54 bits per heavy atom. The van der Waals surface area contributed by atoms with Crippen molar-refractivity contribution in [3.8, 4) is 11.1 Å². The monoisotopic (exact) mass is 394 g/mol. The Kier molecular flexibility index (Phi) is 5.51. The molecular formula is C22H22N2O3S. The lowest BCUT2D eigenvalue weighted by Gasteiger charge is -2.16. The van der Waals surface area contributed by atoms with Gasteiger partial charge in [-0.1, -0.05) is 54.6 Å². The van der Waals surface area contributed by atoms with Gasteiger partial charge in [-0.3, -0.25) is 9.52 Å². The molecule has 0 aliphatic rings. The van der Waals surface area contributed by atoms with Gasteiger partial charge < -0.3 is 4.90 Å². The predicted molar refractivity (Wildman–Crippen MR) is 112 cm³/mol. The third-order valence-corrected chi connectivity index (χ3v) is 5.82. The summed E-state index contributed by atoms with van der Waals surface area (Å²) in [5.74, 6) is -0.190. The van der Waals surface area contributed by atoms with Crippen molar-refractivity contribution in [3.63, 3.8) is 0 Å². The Morgan fingerprint density at radius 3 is 2.21 bits per heavy atom. The molecule has 3 aromatic carbocycles. The highest BCUT2D eigenvalue weighted by Crippen LogP contribution is 2.29. The molecule has 144 valence electrons. The van der Waals surface area contributed by atoms with Gasteiger partial charge in [-0.25, -0.2) is 8.42 Å². The standard InChI is InChI=1S/C22H22N2O3S/c1-16-13-14-18(22(25)24(2)3)15-20(16)23-28(26,27)21-12-8-7-11-19(21)17-9-5-4-6-10-17/h4-15,23H,1-3H3. The second kappa shape index (κ2) is 7.86. The quantitative estimate of drug-likeness (QED) is 0.706. The predicted octanol–water partition coefficient (Wildman–Crippen LogP) is 4.16. The summed E-state index contributed by atoms with van der Waals surface area (Å²) in [6.45, 7) is 1.80. The summed E-state index contributed by atoms with van der Waals surface area (Å²) in [5, 5.41) is 0. The number of benzene rings is 3. The molecule has 0 bridgehead atoms. The molecule has 0 heterocycles. The minimum absolute atomic E-state index is 0.185. The van der Waals surface area contributed by atoms with Crippen molar-refractivity contribution in [2.45, 2.75) is 11.8 Å². The number of anilines is 1. The summed E-state index contributed by atoms with van der Waals surface area (Å²) < 4.78 is 29.0. The Hall–Kier alpha value is -3.12. The first-order chi connectivity index (χ1) is 13.3. The van der Waals surface area contributed by atoms with E-state index in [1.165, 1.54) is 4.90 Å². The number of sulfonamides is 1. The third kappa shape index (κ3) is 4.07. The third-order valence-electron chi connectivity index (χ3n) is 4.40. The Morgan fingerprint density at radius 1 is 0.893 bits per heavy atom. The lowest BCUT2D eigenvalue weighted by Crippen LogP contribution is -2.22. The molecule has 0 aliphatic carbocycles. The van der Waals surface area contributed by atoms with E-state index in [-0.39, 0.29) is 10.8 Å². The molecule has 0 fully saturated rings. The maximum Gasteiger partial charge on any atom is 0.262 e. The smallest absolute Gasteiger partial charge is 0.262 e. The van der Waals surface area contributed by atoms with Crippen molar-refractivity contribution >= 4 is 21.6 Å². The highest BCUT2D eigenvalue weighted by Gasteiger charge is 2.21. The SMILES string of the molecule is Cc1ccc(C(=O)N(C)C)cc1NS(=O)(=O)c1ccccc1-c1ccccc1. The van der Waals surface area contributed by atoms with Crippen LogP contribution in [0.15, 0.2) is 77.7 Å². The minimum atomic E-state index is -3.85. The second-order valence-electron chi connectivity index (χ2n) is 6.70. The van der Waals surface area contributed by atoms with Crippen LogP contribution < -0.4 is 4.72 Å². The van der Waals surface area contributed by atoms with Gasteiger partial charge >= 0.3 is 0 Å². The lowest BCUT2D eigenvalue weighted by atomic mass is 10.1. The molecule has 6 heteroatoms. The van der Waals surface area contributed by atoms with Crippen LogP contribution in [0, 0.1) is 6.92 Å². The summed E-state index contributed by atoms with van der Waals surface area (Å²) in [4.78, 5) is 13.9. The molecule has 0 radical (unpaired) electrons. The fourth-order valence-corrected chi connectivity index (χ4v) is 4.23. The van der Waals surface area contributed by atoms with Crippen LogP contribution in [0.25, 0.3) is 11.1 Å². The molecule has 0 spiro atoms. The van der Waals surface area contributed by atoms with Crippen LogP contribution >= 0.6 is 0 Å². The van der Waals surface area contributed by atoms with Crippen molar-refractivity contribution in [2.75, 3.05) is 18.8 Å². The Labute approximate surface area is 165 Å². The van der Waals surface area contributed by atoms with Crippen LogP contribution in [0.4, 0.5) is 5.69 Å². The molecular weight excluding hydrogens is 372 g/mol. The summed E-state index contributed by atoms with van der Waals surface area (Å²) in [6.07, 6.45) is 0. The molecule has 3 aromatic rings. The zero-order valence-electron chi connectivity index (χ0n) is 16.0. The fourth-order valence-electron chi connectivity index (χ4n) is 2.88. The van der Waals surface area contributed by atoms with E-state index >= 15 is 0 Å². The molecule has 28 heavy (non-hydrogen) atoms. The van der Waals surface area contributed by atoms with E-state index in [9.17, 15) is 13.2 Å². The number of carbonyl (C=O) groups is 1. The van der Waals surface area contributed by atoms with E-state index in [2.05, 4.69) is 4.72 Å². The van der Waals surface area contributed by atoms with Crippen molar-refractivity contribution in [1.82, 2.24) is 4.90 Å². The number of hydrogen-bond acceptors (Lipinski definition) is 3. The zero-order valence-corrected chi connectivity index (χ0v) is 16.8. The van der Waals surface area contributed by atoms with Gasteiger partial charge in [0.25, 0.3) is 15.9 Å². The molecule has 3 rings (SSSR count). The van der Waals surface area contributed by atoms with Crippen LogP contribution in [0.3, 0.4) is 0 Å². The van der Waals surface area contributed by atoms with Gasteiger partial charge in [-0.2, -0.15) is 0 Å². The topological polar surface area (TPSA) is 66.5 Å². The largest absolute Gasteiger partial charge is 0.345 e. The van der Waals surface area contributed by atoms with Crippen LogP contribution in [-0.2, 0) is 10.0 Å². The second-order valence-corrected chi connectivity index (χ2v) is 8.35. The average molecular weight is 394 g/mol. The van der Waals surface area contributed by atoms with E-state index in [0.717, 1.165) is 11.1 Å². The first-order valence-corrected chi connectivity index (χ1v) is 10.3. The van der Waals surface area contributed by atoms with Crippen LogP contribution in [-0.4, -0.2) is 33.3 Å². The molecule has 1 N–H and O–H groups in total. The minimum Gasteiger partial charge on any atom is -0.345 e. The van der Waals surface area contributed by atoms with Gasteiger partial charge in [0, 0.05) is 25.2 Å². The number of aryl methyl sites for hydroxylation is 1. The Bertz CT molecular complexity index is 1110. The molecule has 0 saturated heterocycles. The van der Waals surface area contributed by atoms with Gasteiger partial charge in [0.1, 0.15) is 0 Å². The molecule has 1 amide bonds. The lowest BCUT2D eigenvalue weighted by molar-refractivity contribution is 0.0827. The fraction of sp³-hybridized carbons (Fsp3) is 0.136. The van der Waals surface area contributed by atoms with Gasteiger partial charge in [0.15, 0.2) is 0 Å². The van der Waals surface area contributed by atoms with E-state index in [1.54, 1.807) is 57.4 Å². The van der Waals surface area contributed by atoms with Crippen molar-refractivity contribution in [2.24, 2.45) is 0 Å². The summed E-state index contributed by atoms with van der Waals surface area (Å²) >= 11 is 0. The Balaban J connectivity index is 2.03.